The zero-order valence-electron chi connectivity index (χ0n) is 24.3. The molecule has 1 aromatic carbocycles. The molecule has 0 spiro atoms. The molecule has 1 atom stereocenters. The molecule has 2 fully saturated rings. The SMILES string of the molecule is Cc1ccc(F)cc1C(=O)NC1(C)CCN(c2ccc(-c3cc(OCC4CNCCO4)cn4ncc(C#N)c34)cn2)CC1. The molecule has 2 saturated heterocycles. The van der Waals surface area contributed by atoms with Gasteiger partial charge in [0.15, 0.2) is 0 Å². The van der Waals surface area contributed by atoms with Crippen LogP contribution in [0.3, 0.4) is 0 Å². The number of pyridine rings is 2. The fourth-order valence-electron chi connectivity index (χ4n) is 5.66. The third-order valence-electron chi connectivity index (χ3n) is 8.26. The summed E-state index contributed by atoms with van der Waals surface area (Å²) in [7, 11) is 0. The number of anilines is 1. The maximum Gasteiger partial charge on any atom is 0.252 e. The largest absolute Gasteiger partial charge is 0.489 e. The van der Waals surface area contributed by atoms with Gasteiger partial charge in [0.05, 0.1) is 30.1 Å². The van der Waals surface area contributed by atoms with Crippen molar-refractivity contribution in [1.82, 2.24) is 25.2 Å². The quantitative estimate of drug-likeness (QED) is 0.337. The highest BCUT2D eigenvalue weighted by molar-refractivity contribution is 5.96. The number of ether oxygens (including phenoxy) is 2. The van der Waals surface area contributed by atoms with E-state index < -0.39 is 11.4 Å². The first-order valence-corrected chi connectivity index (χ1v) is 14.5. The number of benzene rings is 1. The first-order valence-electron chi connectivity index (χ1n) is 14.5. The minimum atomic E-state index is -0.422. The Balaban J connectivity index is 1.16. The summed E-state index contributed by atoms with van der Waals surface area (Å²) in [4.78, 5) is 19.9. The summed E-state index contributed by atoms with van der Waals surface area (Å²) in [6.45, 7) is 7.87. The normalized spacial score (nSPS) is 18.3. The molecule has 0 radical (unpaired) electrons. The maximum absolute atomic E-state index is 13.8. The molecule has 0 saturated carbocycles. The zero-order chi connectivity index (χ0) is 30.0. The predicted molar refractivity (Wildman–Crippen MR) is 160 cm³/mol. The molecule has 0 aliphatic carbocycles. The van der Waals surface area contributed by atoms with Gasteiger partial charge >= 0.3 is 0 Å². The topological polar surface area (TPSA) is 117 Å². The summed E-state index contributed by atoms with van der Waals surface area (Å²) in [5.74, 6) is 0.776. The van der Waals surface area contributed by atoms with Crippen molar-refractivity contribution in [2.45, 2.75) is 38.3 Å². The van der Waals surface area contributed by atoms with Crippen LogP contribution in [0.1, 0.15) is 41.3 Å². The number of aryl methyl sites for hydroxylation is 1. The zero-order valence-corrected chi connectivity index (χ0v) is 24.3. The van der Waals surface area contributed by atoms with Crippen LogP contribution in [-0.4, -0.2) is 71.5 Å². The second-order valence-corrected chi connectivity index (χ2v) is 11.4. The number of carbonyl (C=O) groups excluding carboxylic acids is 1. The number of carbonyl (C=O) groups is 1. The lowest BCUT2D eigenvalue weighted by atomic mass is 9.89. The lowest BCUT2D eigenvalue weighted by Gasteiger charge is -2.40. The number of halogens is 1. The van der Waals surface area contributed by atoms with Gasteiger partial charge in [0.1, 0.15) is 36.2 Å². The van der Waals surface area contributed by atoms with Gasteiger partial charge in [0.2, 0.25) is 0 Å². The average molecular weight is 584 g/mol. The van der Waals surface area contributed by atoms with Crippen molar-refractivity contribution >= 4 is 17.2 Å². The number of fused-ring (bicyclic) bond motifs is 1. The van der Waals surface area contributed by atoms with Crippen molar-refractivity contribution in [3.63, 3.8) is 0 Å². The molecule has 5 heterocycles. The Morgan fingerprint density at radius 2 is 2.09 bits per heavy atom. The highest BCUT2D eigenvalue weighted by Crippen LogP contribution is 2.32. The van der Waals surface area contributed by atoms with E-state index in [0.29, 0.717) is 48.7 Å². The molecule has 222 valence electrons. The number of piperidine rings is 1. The number of hydrogen-bond acceptors (Lipinski definition) is 8. The van der Waals surface area contributed by atoms with E-state index >= 15 is 0 Å². The second kappa shape index (κ2) is 12.0. The van der Waals surface area contributed by atoms with Crippen LogP contribution in [0.15, 0.2) is 55.0 Å². The summed E-state index contributed by atoms with van der Waals surface area (Å²) in [6.07, 6.45) is 6.54. The average Bonchev–Trinajstić information content (AvgIpc) is 3.45. The molecule has 43 heavy (non-hydrogen) atoms. The minimum Gasteiger partial charge on any atom is -0.489 e. The van der Waals surface area contributed by atoms with Crippen LogP contribution < -0.4 is 20.3 Å². The Hall–Kier alpha value is -4.53. The van der Waals surface area contributed by atoms with Crippen LogP contribution in [0.25, 0.3) is 16.6 Å². The third-order valence-corrected chi connectivity index (χ3v) is 8.26. The van der Waals surface area contributed by atoms with E-state index in [4.69, 9.17) is 14.5 Å². The molecule has 4 aromatic rings. The molecule has 2 aliphatic rings. The molecular weight excluding hydrogens is 549 g/mol. The van der Waals surface area contributed by atoms with Gasteiger partial charge in [0, 0.05) is 54.6 Å². The molecule has 3 aromatic heterocycles. The van der Waals surface area contributed by atoms with Crippen molar-refractivity contribution < 1.29 is 18.7 Å². The van der Waals surface area contributed by atoms with Crippen LogP contribution in [0.2, 0.25) is 0 Å². The minimum absolute atomic E-state index is 0.0358. The molecule has 2 aliphatic heterocycles. The Morgan fingerprint density at radius 3 is 2.81 bits per heavy atom. The summed E-state index contributed by atoms with van der Waals surface area (Å²) in [5.41, 5.74) is 3.50. The van der Waals surface area contributed by atoms with Gasteiger partial charge in [-0.3, -0.25) is 4.79 Å². The van der Waals surface area contributed by atoms with Gasteiger partial charge in [0.25, 0.3) is 5.91 Å². The van der Waals surface area contributed by atoms with Gasteiger partial charge in [-0.1, -0.05) is 6.07 Å². The molecule has 2 N–H and O–H groups in total. The van der Waals surface area contributed by atoms with E-state index in [1.165, 1.54) is 12.1 Å². The first-order chi connectivity index (χ1) is 20.8. The fourth-order valence-corrected chi connectivity index (χ4v) is 5.66. The van der Waals surface area contributed by atoms with Crippen molar-refractivity contribution in [2.24, 2.45) is 0 Å². The molecule has 1 amide bonds. The van der Waals surface area contributed by atoms with Crippen LogP contribution in [-0.2, 0) is 4.74 Å². The number of nitrogens with one attached hydrogen (secondary N) is 2. The van der Waals surface area contributed by atoms with Crippen LogP contribution >= 0.6 is 0 Å². The Morgan fingerprint density at radius 1 is 1.26 bits per heavy atom. The molecule has 11 heteroatoms. The van der Waals surface area contributed by atoms with Crippen molar-refractivity contribution in [1.29, 1.82) is 5.26 Å². The number of aromatic nitrogens is 3. The molecule has 0 bridgehead atoms. The standard InChI is InChI=1S/C32H34FN7O3/c1-21-3-5-24(33)13-27(21)31(41)38-32(2)7-10-39(11-8-32)29-6-4-22(16-36-29)28-14-25(43-20-26-18-35-9-12-42-26)19-40-30(28)23(15-34)17-37-40/h3-6,13-14,16-17,19,26,35H,7-12,18,20H2,1-2H3,(H,38,41). The van der Waals surface area contributed by atoms with Crippen molar-refractivity contribution in [3.05, 3.63) is 77.5 Å². The summed E-state index contributed by atoms with van der Waals surface area (Å²) in [5, 5.41) is 20.5. The molecular formula is C32H34FN7O3. The van der Waals surface area contributed by atoms with Crippen molar-refractivity contribution in [3.8, 4) is 22.9 Å². The fraction of sp³-hybridized carbons (Fsp3) is 0.375. The van der Waals surface area contributed by atoms with Crippen molar-refractivity contribution in [2.75, 3.05) is 44.3 Å². The lowest BCUT2D eigenvalue weighted by molar-refractivity contribution is 0.000107. The molecule has 10 nitrogen and oxygen atoms in total. The molecule has 6 rings (SSSR count). The number of morpholine rings is 1. The van der Waals surface area contributed by atoms with Crippen LogP contribution in [0, 0.1) is 24.1 Å². The maximum atomic E-state index is 13.8. The third kappa shape index (κ3) is 6.16. The van der Waals surface area contributed by atoms with Crippen LogP contribution in [0.4, 0.5) is 10.2 Å². The van der Waals surface area contributed by atoms with Gasteiger partial charge < -0.3 is 25.0 Å². The van der Waals surface area contributed by atoms with E-state index in [9.17, 15) is 14.4 Å². The van der Waals surface area contributed by atoms with Gasteiger partial charge in [-0.2, -0.15) is 10.4 Å². The van der Waals surface area contributed by atoms with E-state index in [-0.39, 0.29) is 12.0 Å². The van der Waals surface area contributed by atoms with E-state index in [0.717, 1.165) is 48.4 Å². The van der Waals surface area contributed by atoms with E-state index in [1.54, 1.807) is 36.1 Å². The van der Waals surface area contributed by atoms with Crippen LogP contribution in [0.5, 0.6) is 5.75 Å². The molecule has 1 unspecified atom stereocenters. The number of amides is 1. The first kappa shape index (κ1) is 28.6. The summed E-state index contributed by atoms with van der Waals surface area (Å²) >= 11 is 0. The smallest absolute Gasteiger partial charge is 0.252 e. The highest BCUT2D eigenvalue weighted by atomic mass is 19.1. The monoisotopic (exact) mass is 583 g/mol. The predicted octanol–water partition coefficient (Wildman–Crippen LogP) is 3.87. The van der Waals surface area contributed by atoms with Gasteiger partial charge in [-0.15, -0.1) is 0 Å². The number of nitrogens with zero attached hydrogens (tertiary/aromatic N) is 5. The second-order valence-electron chi connectivity index (χ2n) is 11.4. The lowest BCUT2D eigenvalue weighted by Crippen LogP contribution is -2.53. The number of rotatable bonds is 7. The Kier molecular flexibility index (Phi) is 7.97. The summed E-state index contributed by atoms with van der Waals surface area (Å²) in [6, 6.07) is 12.4. The van der Waals surface area contributed by atoms with Gasteiger partial charge in [-0.25, -0.2) is 13.9 Å². The Bertz CT molecular complexity index is 1670. The Labute approximate surface area is 249 Å². The number of hydrogen-bond donors (Lipinski definition) is 2. The number of nitriles is 1. The van der Waals surface area contributed by atoms with Gasteiger partial charge in [-0.05, 0) is 62.6 Å². The summed E-state index contributed by atoms with van der Waals surface area (Å²) < 4.78 is 27.3. The van der Waals surface area contributed by atoms with E-state index in [2.05, 4.69) is 26.7 Å². The van der Waals surface area contributed by atoms with E-state index in [1.807, 2.05) is 25.1 Å². The highest BCUT2D eigenvalue weighted by Gasteiger charge is 2.32.